The fourth-order valence-electron chi connectivity index (χ4n) is 1.34. The van der Waals surface area contributed by atoms with Gasteiger partial charge in [0.1, 0.15) is 0 Å². The zero-order chi connectivity index (χ0) is 13.8. The molecule has 0 aromatic carbocycles. The van der Waals surface area contributed by atoms with Crippen LogP contribution in [-0.2, 0) is 0 Å². The predicted molar refractivity (Wildman–Crippen MR) is 76.7 cm³/mol. The second-order valence-electron chi connectivity index (χ2n) is 4.70. The molecule has 0 aliphatic rings. The van der Waals surface area contributed by atoms with E-state index in [0.29, 0.717) is 6.54 Å². The molecule has 4 heteroatoms. The molecule has 0 saturated heterocycles. The Balaban J connectivity index is 2.88. The van der Waals surface area contributed by atoms with Crippen LogP contribution in [0.15, 0.2) is 12.1 Å². The Kier molecular flexibility index (Phi) is 4.94. The molecule has 0 saturated carbocycles. The molecular formula is C14H20N2OS. The van der Waals surface area contributed by atoms with Gasteiger partial charge in [-0.05, 0) is 32.4 Å². The van der Waals surface area contributed by atoms with Gasteiger partial charge in [0.2, 0.25) is 0 Å². The summed E-state index contributed by atoms with van der Waals surface area (Å²) < 4.78 is 0. The molecule has 1 aromatic rings. The molecular weight excluding hydrogens is 244 g/mol. The quantitative estimate of drug-likeness (QED) is 0.852. The van der Waals surface area contributed by atoms with E-state index in [-0.39, 0.29) is 11.4 Å². The largest absolute Gasteiger partial charge is 0.336 e. The van der Waals surface area contributed by atoms with Gasteiger partial charge in [0, 0.05) is 12.6 Å². The zero-order valence-electron chi connectivity index (χ0n) is 11.4. The van der Waals surface area contributed by atoms with Gasteiger partial charge in [0.05, 0.1) is 16.3 Å². The number of carbonyl (C=O) groups is 1. The monoisotopic (exact) mass is 264 g/mol. The topological polar surface area (TPSA) is 46.3 Å². The fourth-order valence-corrected chi connectivity index (χ4v) is 2.19. The normalized spacial score (nSPS) is 10.7. The minimum absolute atomic E-state index is 0.0487. The lowest BCUT2D eigenvalue weighted by molar-refractivity contribution is 0.0625. The number of hydrogen-bond acceptors (Lipinski definition) is 3. The second kappa shape index (κ2) is 6.03. The van der Waals surface area contributed by atoms with Crippen molar-refractivity contribution in [3.63, 3.8) is 0 Å². The molecule has 1 aromatic heterocycles. The highest BCUT2D eigenvalue weighted by molar-refractivity contribution is 7.14. The molecule has 0 aliphatic heterocycles. The Morgan fingerprint density at radius 3 is 2.72 bits per heavy atom. The third-order valence-electron chi connectivity index (χ3n) is 3.21. The summed E-state index contributed by atoms with van der Waals surface area (Å²) in [6.45, 7) is 6.54. The van der Waals surface area contributed by atoms with Crippen LogP contribution in [0.3, 0.4) is 0 Å². The molecule has 3 nitrogen and oxygen atoms in total. The molecule has 0 aliphatic carbocycles. The number of hydrogen-bond donors (Lipinski definition) is 1. The van der Waals surface area contributed by atoms with Crippen molar-refractivity contribution in [2.24, 2.45) is 5.73 Å². The van der Waals surface area contributed by atoms with E-state index in [1.807, 2.05) is 19.2 Å². The summed E-state index contributed by atoms with van der Waals surface area (Å²) in [5.74, 6) is 5.78. The molecule has 0 bridgehead atoms. The number of rotatable bonds is 3. The van der Waals surface area contributed by atoms with E-state index in [1.165, 1.54) is 11.3 Å². The average Bonchev–Trinajstić information content (AvgIpc) is 2.83. The Hall–Kier alpha value is -1.31. The van der Waals surface area contributed by atoms with E-state index in [2.05, 4.69) is 32.6 Å². The van der Waals surface area contributed by atoms with Crippen molar-refractivity contribution < 1.29 is 4.79 Å². The van der Waals surface area contributed by atoms with Gasteiger partial charge in [-0.1, -0.05) is 18.8 Å². The Morgan fingerprint density at radius 2 is 2.17 bits per heavy atom. The van der Waals surface area contributed by atoms with Crippen molar-refractivity contribution in [1.82, 2.24) is 4.90 Å². The molecule has 0 radical (unpaired) electrons. The summed E-state index contributed by atoms with van der Waals surface area (Å²) in [4.78, 5) is 15.7. The van der Waals surface area contributed by atoms with Crippen molar-refractivity contribution >= 4 is 17.2 Å². The summed E-state index contributed by atoms with van der Waals surface area (Å²) in [6, 6.07) is 3.70. The summed E-state index contributed by atoms with van der Waals surface area (Å²) in [5, 5.41) is 0. The van der Waals surface area contributed by atoms with Crippen LogP contribution in [-0.4, -0.2) is 29.9 Å². The molecule has 0 atom stereocenters. The lowest BCUT2D eigenvalue weighted by atomic mass is 10.00. The van der Waals surface area contributed by atoms with E-state index >= 15 is 0 Å². The summed E-state index contributed by atoms with van der Waals surface area (Å²) in [5.41, 5.74) is 5.19. The SMILES string of the molecule is CCC(C)(C)N(C)C(=O)c1ccc(C#CCN)s1. The van der Waals surface area contributed by atoms with Crippen LogP contribution in [0.25, 0.3) is 0 Å². The molecule has 0 fully saturated rings. The van der Waals surface area contributed by atoms with Gasteiger partial charge in [-0.15, -0.1) is 11.3 Å². The number of nitrogens with two attached hydrogens (primary N) is 1. The third-order valence-corrected chi connectivity index (χ3v) is 4.20. The Labute approximate surface area is 113 Å². The first kappa shape index (κ1) is 14.7. The third kappa shape index (κ3) is 3.34. The summed E-state index contributed by atoms with van der Waals surface area (Å²) in [7, 11) is 1.84. The number of thiophene rings is 1. The maximum absolute atomic E-state index is 12.3. The molecule has 1 amide bonds. The van der Waals surface area contributed by atoms with Crippen molar-refractivity contribution in [2.75, 3.05) is 13.6 Å². The van der Waals surface area contributed by atoms with Gasteiger partial charge in [-0.3, -0.25) is 4.79 Å². The van der Waals surface area contributed by atoms with E-state index in [0.717, 1.165) is 16.2 Å². The van der Waals surface area contributed by atoms with E-state index in [1.54, 1.807) is 4.90 Å². The first-order chi connectivity index (χ1) is 8.42. The van der Waals surface area contributed by atoms with Crippen molar-refractivity contribution in [3.05, 3.63) is 21.9 Å². The van der Waals surface area contributed by atoms with Crippen molar-refractivity contribution in [1.29, 1.82) is 0 Å². The van der Waals surface area contributed by atoms with Gasteiger partial charge < -0.3 is 10.6 Å². The molecule has 0 spiro atoms. The first-order valence-electron chi connectivity index (χ1n) is 5.99. The van der Waals surface area contributed by atoms with Gasteiger partial charge in [0.25, 0.3) is 5.91 Å². The molecule has 98 valence electrons. The lowest BCUT2D eigenvalue weighted by Gasteiger charge is -2.34. The highest BCUT2D eigenvalue weighted by Gasteiger charge is 2.27. The minimum atomic E-state index is -0.135. The van der Waals surface area contributed by atoms with Crippen LogP contribution in [0.4, 0.5) is 0 Å². The van der Waals surface area contributed by atoms with Crippen LogP contribution >= 0.6 is 11.3 Å². The molecule has 1 heterocycles. The lowest BCUT2D eigenvalue weighted by Crippen LogP contribution is -2.44. The van der Waals surface area contributed by atoms with Gasteiger partial charge >= 0.3 is 0 Å². The fraction of sp³-hybridized carbons (Fsp3) is 0.500. The van der Waals surface area contributed by atoms with Crippen molar-refractivity contribution in [3.8, 4) is 11.8 Å². The molecule has 0 unspecified atom stereocenters. The number of carbonyl (C=O) groups excluding carboxylic acids is 1. The van der Waals surface area contributed by atoms with Gasteiger partial charge in [-0.25, -0.2) is 0 Å². The predicted octanol–water partition coefficient (Wildman–Crippen LogP) is 2.32. The molecule has 1 rings (SSSR count). The smallest absolute Gasteiger partial charge is 0.264 e. The second-order valence-corrected chi connectivity index (χ2v) is 5.78. The standard InChI is InChI=1S/C14H20N2OS/c1-5-14(2,3)16(4)13(17)12-9-8-11(18-12)7-6-10-15/h8-9H,5,10,15H2,1-4H3. The van der Waals surface area contributed by atoms with Crippen LogP contribution in [0.5, 0.6) is 0 Å². The number of nitrogens with zero attached hydrogens (tertiary/aromatic N) is 1. The highest BCUT2D eigenvalue weighted by atomic mass is 32.1. The minimum Gasteiger partial charge on any atom is -0.336 e. The zero-order valence-corrected chi connectivity index (χ0v) is 12.2. The summed E-state index contributed by atoms with van der Waals surface area (Å²) in [6.07, 6.45) is 0.917. The van der Waals surface area contributed by atoms with E-state index in [9.17, 15) is 4.79 Å². The Bertz CT molecular complexity index is 479. The average molecular weight is 264 g/mol. The highest BCUT2D eigenvalue weighted by Crippen LogP contribution is 2.23. The van der Waals surface area contributed by atoms with Crippen LogP contribution in [0, 0.1) is 11.8 Å². The van der Waals surface area contributed by atoms with Crippen molar-refractivity contribution in [2.45, 2.75) is 32.7 Å². The summed E-state index contributed by atoms with van der Waals surface area (Å²) >= 11 is 1.42. The number of amides is 1. The molecule has 2 N–H and O–H groups in total. The maximum atomic E-state index is 12.3. The van der Waals surface area contributed by atoms with E-state index < -0.39 is 0 Å². The maximum Gasteiger partial charge on any atom is 0.264 e. The van der Waals surface area contributed by atoms with Crippen LogP contribution < -0.4 is 5.73 Å². The molecule has 18 heavy (non-hydrogen) atoms. The Morgan fingerprint density at radius 1 is 1.50 bits per heavy atom. The van der Waals surface area contributed by atoms with E-state index in [4.69, 9.17) is 5.73 Å². The van der Waals surface area contributed by atoms with Crippen LogP contribution in [0.2, 0.25) is 0 Å². The van der Waals surface area contributed by atoms with Crippen LogP contribution in [0.1, 0.15) is 41.7 Å². The van der Waals surface area contributed by atoms with Gasteiger partial charge in [-0.2, -0.15) is 0 Å². The van der Waals surface area contributed by atoms with Gasteiger partial charge in [0.15, 0.2) is 0 Å². The first-order valence-corrected chi connectivity index (χ1v) is 6.81.